The van der Waals surface area contributed by atoms with Crippen LogP contribution in [0.5, 0.6) is 11.5 Å². The van der Waals surface area contributed by atoms with Gasteiger partial charge in [-0.1, -0.05) is 0 Å². The summed E-state index contributed by atoms with van der Waals surface area (Å²) in [4.78, 5) is 19.0. The summed E-state index contributed by atoms with van der Waals surface area (Å²) >= 11 is 1.45. The third kappa shape index (κ3) is 3.93. The van der Waals surface area contributed by atoms with Gasteiger partial charge in [-0.15, -0.1) is 11.3 Å². The fraction of sp³-hybridized carbons (Fsp3) is 0.444. The van der Waals surface area contributed by atoms with E-state index < -0.39 is 0 Å². The van der Waals surface area contributed by atoms with Crippen molar-refractivity contribution in [1.29, 1.82) is 0 Å². The highest BCUT2D eigenvalue weighted by Gasteiger charge is 2.35. The Labute approximate surface area is 151 Å². The van der Waals surface area contributed by atoms with E-state index in [0.29, 0.717) is 18.3 Å². The van der Waals surface area contributed by atoms with E-state index in [9.17, 15) is 4.79 Å². The molecule has 1 aromatic heterocycles. The maximum Gasteiger partial charge on any atom is 0.231 e. The van der Waals surface area contributed by atoms with Gasteiger partial charge in [-0.2, -0.15) is 0 Å². The predicted octanol–water partition coefficient (Wildman–Crippen LogP) is 3.22. The summed E-state index contributed by atoms with van der Waals surface area (Å²) < 4.78 is 15.9. The van der Waals surface area contributed by atoms with E-state index in [1.807, 2.05) is 23.6 Å². The maximum absolute atomic E-state index is 12.6. The molecule has 25 heavy (non-hydrogen) atoms. The minimum Gasteiger partial charge on any atom is -0.497 e. The Balaban J connectivity index is 1.91. The second kappa shape index (κ2) is 7.84. The van der Waals surface area contributed by atoms with Crippen LogP contribution in [0.1, 0.15) is 12.8 Å². The minimum atomic E-state index is 0.135. The average molecular weight is 362 g/mol. The minimum absolute atomic E-state index is 0.135. The van der Waals surface area contributed by atoms with Gasteiger partial charge >= 0.3 is 0 Å². The van der Waals surface area contributed by atoms with E-state index in [-0.39, 0.29) is 11.8 Å². The summed E-state index contributed by atoms with van der Waals surface area (Å²) in [6.45, 7) is 0.990. The number of carbonyl (C=O) groups is 1. The van der Waals surface area contributed by atoms with Crippen molar-refractivity contribution in [3.05, 3.63) is 23.6 Å². The molecule has 0 spiro atoms. The zero-order chi connectivity index (χ0) is 17.8. The van der Waals surface area contributed by atoms with Crippen LogP contribution in [0.3, 0.4) is 0 Å². The standard InChI is InChI=1S/C18H22N2O4S/c1-22-9-8-20(17(21)12-4-5-12)18-19-15(11-25-18)14-10-13(23-2)6-7-16(14)24-3/h6-7,10-12H,4-5,8-9H2,1-3H3. The van der Waals surface area contributed by atoms with Gasteiger partial charge in [0, 0.05) is 24.0 Å². The van der Waals surface area contributed by atoms with Gasteiger partial charge in [0.05, 0.1) is 33.1 Å². The number of amides is 1. The van der Waals surface area contributed by atoms with Crippen molar-refractivity contribution in [2.75, 3.05) is 39.4 Å². The van der Waals surface area contributed by atoms with Crippen molar-refractivity contribution in [3.63, 3.8) is 0 Å². The second-order valence-corrected chi connectivity index (χ2v) is 6.68. The van der Waals surface area contributed by atoms with E-state index in [4.69, 9.17) is 14.2 Å². The molecule has 0 radical (unpaired) electrons. The number of thiazole rings is 1. The molecule has 0 atom stereocenters. The quantitative estimate of drug-likeness (QED) is 0.722. The number of aromatic nitrogens is 1. The Kier molecular flexibility index (Phi) is 5.55. The molecule has 1 aliphatic rings. The van der Waals surface area contributed by atoms with E-state index in [1.54, 1.807) is 26.2 Å². The predicted molar refractivity (Wildman–Crippen MR) is 97.6 cm³/mol. The van der Waals surface area contributed by atoms with Crippen LogP contribution in [-0.2, 0) is 9.53 Å². The Morgan fingerprint density at radius 2 is 2.08 bits per heavy atom. The molecule has 1 heterocycles. The molecule has 0 saturated heterocycles. The topological polar surface area (TPSA) is 60.9 Å². The Morgan fingerprint density at radius 1 is 1.28 bits per heavy atom. The molecule has 2 aromatic rings. The monoisotopic (exact) mass is 362 g/mol. The van der Waals surface area contributed by atoms with Crippen molar-refractivity contribution >= 4 is 22.4 Å². The van der Waals surface area contributed by atoms with Crippen molar-refractivity contribution < 1.29 is 19.0 Å². The third-order valence-electron chi connectivity index (χ3n) is 4.12. The van der Waals surface area contributed by atoms with Gasteiger partial charge in [0.1, 0.15) is 11.5 Å². The van der Waals surface area contributed by atoms with Gasteiger partial charge in [0.15, 0.2) is 5.13 Å². The zero-order valence-electron chi connectivity index (χ0n) is 14.7. The van der Waals surface area contributed by atoms with Crippen LogP contribution in [0, 0.1) is 5.92 Å². The van der Waals surface area contributed by atoms with Crippen molar-refractivity contribution in [2.45, 2.75) is 12.8 Å². The van der Waals surface area contributed by atoms with Crippen LogP contribution < -0.4 is 14.4 Å². The average Bonchev–Trinajstić information content (AvgIpc) is 3.39. The third-order valence-corrected chi connectivity index (χ3v) is 4.98. The molecular formula is C18H22N2O4S. The number of ether oxygens (including phenoxy) is 3. The molecule has 0 bridgehead atoms. The zero-order valence-corrected chi connectivity index (χ0v) is 15.5. The molecule has 1 saturated carbocycles. The van der Waals surface area contributed by atoms with Crippen molar-refractivity contribution in [1.82, 2.24) is 4.98 Å². The first-order chi connectivity index (χ1) is 12.2. The molecule has 3 rings (SSSR count). The van der Waals surface area contributed by atoms with E-state index >= 15 is 0 Å². The van der Waals surface area contributed by atoms with Gasteiger partial charge in [0.2, 0.25) is 5.91 Å². The van der Waals surface area contributed by atoms with Crippen LogP contribution in [0.4, 0.5) is 5.13 Å². The highest BCUT2D eigenvalue weighted by molar-refractivity contribution is 7.14. The number of carbonyl (C=O) groups excluding carboxylic acids is 1. The summed E-state index contributed by atoms with van der Waals surface area (Å²) in [5.74, 6) is 1.72. The number of hydrogen-bond donors (Lipinski definition) is 0. The van der Waals surface area contributed by atoms with Crippen LogP contribution >= 0.6 is 11.3 Å². The molecule has 134 valence electrons. The van der Waals surface area contributed by atoms with E-state index in [1.165, 1.54) is 11.3 Å². The molecule has 1 aromatic carbocycles. The first-order valence-corrected chi connectivity index (χ1v) is 9.04. The molecule has 1 fully saturated rings. The molecule has 1 amide bonds. The summed E-state index contributed by atoms with van der Waals surface area (Å²) in [5.41, 5.74) is 1.61. The van der Waals surface area contributed by atoms with Gasteiger partial charge in [0.25, 0.3) is 0 Å². The SMILES string of the molecule is COCCN(C(=O)C1CC1)c1nc(-c2cc(OC)ccc2OC)cs1. The smallest absolute Gasteiger partial charge is 0.231 e. The molecular weight excluding hydrogens is 340 g/mol. The summed E-state index contributed by atoms with van der Waals surface area (Å²) in [6.07, 6.45) is 1.93. The fourth-order valence-corrected chi connectivity index (χ4v) is 3.42. The molecule has 6 nitrogen and oxygen atoms in total. The molecule has 0 N–H and O–H groups in total. The first kappa shape index (κ1) is 17.7. The Hall–Kier alpha value is -2.12. The lowest BCUT2D eigenvalue weighted by molar-refractivity contribution is -0.119. The number of rotatable bonds is 8. The number of methoxy groups -OCH3 is 3. The number of hydrogen-bond acceptors (Lipinski definition) is 6. The lowest BCUT2D eigenvalue weighted by Gasteiger charge is -2.19. The Bertz CT molecular complexity index is 742. The second-order valence-electron chi connectivity index (χ2n) is 5.84. The molecule has 0 unspecified atom stereocenters. The number of nitrogens with zero attached hydrogens (tertiary/aromatic N) is 2. The van der Waals surface area contributed by atoms with Crippen LogP contribution in [-0.4, -0.2) is 45.4 Å². The highest BCUT2D eigenvalue weighted by atomic mass is 32.1. The maximum atomic E-state index is 12.6. The first-order valence-electron chi connectivity index (χ1n) is 8.16. The van der Waals surface area contributed by atoms with Crippen molar-refractivity contribution in [3.8, 4) is 22.8 Å². The lowest BCUT2D eigenvalue weighted by atomic mass is 10.1. The van der Waals surface area contributed by atoms with Gasteiger partial charge in [-0.05, 0) is 31.0 Å². The van der Waals surface area contributed by atoms with Gasteiger partial charge < -0.3 is 14.2 Å². The van der Waals surface area contributed by atoms with Crippen LogP contribution in [0.2, 0.25) is 0 Å². The summed E-state index contributed by atoms with van der Waals surface area (Å²) in [7, 11) is 4.88. The molecule has 1 aliphatic carbocycles. The van der Waals surface area contributed by atoms with Gasteiger partial charge in [-0.25, -0.2) is 4.98 Å². The summed E-state index contributed by atoms with van der Waals surface area (Å²) in [6, 6.07) is 5.59. The lowest BCUT2D eigenvalue weighted by Crippen LogP contribution is -2.35. The van der Waals surface area contributed by atoms with E-state index in [0.717, 1.165) is 35.6 Å². The highest BCUT2D eigenvalue weighted by Crippen LogP contribution is 2.38. The summed E-state index contributed by atoms with van der Waals surface area (Å²) in [5, 5.41) is 2.63. The largest absolute Gasteiger partial charge is 0.497 e. The normalized spacial score (nSPS) is 13.6. The van der Waals surface area contributed by atoms with Crippen molar-refractivity contribution in [2.24, 2.45) is 5.92 Å². The van der Waals surface area contributed by atoms with Crippen LogP contribution in [0.25, 0.3) is 11.3 Å². The van der Waals surface area contributed by atoms with Gasteiger partial charge in [-0.3, -0.25) is 9.69 Å². The fourth-order valence-electron chi connectivity index (χ4n) is 2.56. The number of anilines is 1. The Morgan fingerprint density at radius 3 is 2.72 bits per heavy atom. The molecule has 0 aliphatic heterocycles. The molecule has 7 heteroatoms. The number of benzene rings is 1. The van der Waals surface area contributed by atoms with Crippen LogP contribution in [0.15, 0.2) is 23.6 Å². The van der Waals surface area contributed by atoms with E-state index in [2.05, 4.69) is 4.98 Å².